The summed E-state index contributed by atoms with van der Waals surface area (Å²) < 4.78 is 13.1. The molecule has 5 heterocycles. The lowest BCUT2D eigenvalue weighted by Crippen LogP contribution is -2.29. The van der Waals surface area contributed by atoms with Crippen molar-refractivity contribution in [1.82, 2.24) is 29.7 Å². The summed E-state index contributed by atoms with van der Waals surface area (Å²) in [7, 11) is 0. The molecule has 1 saturated heterocycles. The number of aliphatic hydroxyl groups is 3. The van der Waals surface area contributed by atoms with Gasteiger partial charge in [-0.1, -0.05) is 48.5 Å². The van der Waals surface area contributed by atoms with Crippen LogP contribution in [-0.2, 0) is 17.6 Å². The highest BCUT2D eigenvalue weighted by Gasteiger charge is 2.47. The van der Waals surface area contributed by atoms with Crippen LogP contribution in [0.3, 0.4) is 0 Å². The molecule has 0 radical (unpaired) electrons. The average Bonchev–Trinajstić information content (AvgIpc) is 3.78. The highest BCUT2D eigenvalue weighted by atomic mass is 16.6. The number of rotatable bonds is 13. The minimum atomic E-state index is -1.30. The number of imidazole rings is 1. The van der Waals surface area contributed by atoms with Gasteiger partial charge in [-0.25, -0.2) is 9.97 Å². The maximum atomic E-state index is 11.0. The van der Waals surface area contributed by atoms with Crippen molar-refractivity contribution in [2.75, 3.05) is 35.6 Å². The fraction of sp³-hybridized carbons (Fsp3) is 0.367. The van der Waals surface area contributed by atoms with E-state index in [0.717, 1.165) is 11.4 Å². The number of fused-ring (bicyclic) bond motifs is 1. The van der Waals surface area contributed by atoms with Gasteiger partial charge in [-0.15, -0.1) is 0 Å². The quantitative estimate of drug-likeness (QED) is 0.108. The van der Waals surface area contributed by atoms with Crippen LogP contribution >= 0.6 is 0 Å². The van der Waals surface area contributed by atoms with Gasteiger partial charge in [0.15, 0.2) is 29.0 Å². The molecule has 0 saturated carbocycles. The lowest BCUT2D eigenvalue weighted by atomic mass is 10.1. The first kappa shape index (κ1) is 29.4. The van der Waals surface area contributed by atoms with E-state index >= 15 is 0 Å². The summed E-state index contributed by atoms with van der Waals surface area (Å²) in [6.45, 7) is 2.81. The number of nitrogens with one attached hydrogen (secondary N) is 3. The molecule has 14 heteroatoms. The van der Waals surface area contributed by atoms with Crippen molar-refractivity contribution in [2.24, 2.45) is 0 Å². The number of anilines is 3. The Balaban J connectivity index is 1.28. The number of hydrogen-bond acceptors (Lipinski definition) is 13. The Morgan fingerprint density at radius 3 is 2.55 bits per heavy atom. The van der Waals surface area contributed by atoms with Gasteiger partial charge >= 0.3 is 0 Å². The molecule has 0 bridgehead atoms. The molecule has 5 aromatic rings. The third-order valence-corrected chi connectivity index (χ3v) is 7.42. The van der Waals surface area contributed by atoms with Crippen LogP contribution in [0.4, 0.5) is 17.6 Å². The van der Waals surface area contributed by atoms with E-state index in [9.17, 15) is 15.3 Å². The summed E-state index contributed by atoms with van der Waals surface area (Å²) in [5.41, 5.74) is 2.54. The molecule has 44 heavy (non-hydrogen) atoms. The van der Waals surface area contributed by atoms with E-state index in [1.165, 1.54) is 6.33 Å². The molecule has 1 aliphatic heterocycles. The molecular weight excluding hydrogens is 566 g/mol. The molecule has 1 fully saturated rings. The fourth-order valence-corrected chi connectivity index (χ4v) is 5.12. The highest BCUT2D eigenvalue weighted by Crippen LogP contribution is 2.40. The second-order valence-electron chi connectivity index (χ2n) is 10.5. The number of ether oxygens (including phenoxy) is 1. The van der Waals surface area contributed by atoms with Crippen molar-refractivity contribution in [3.63, 3.8) is 0 Å². The Morgan fingerprint density at radius 2 is 1.80 bits per heavy atom. The number of hydrogen-bond donors (Lipinski definition) is 6. The Labute approximate surface area is 253 Å². The van der Waals surface area contributed by atoms with E-state index in [2.05, 4.69) is 36.1 Å². The molecule has 14 nitrogen and oxygen atoms in total. The van der Waals surface area contributed by atoms with Crippen LogP contribution in [0.1, 0.15) is 36.3 Å². The summed E-state index contributed by atoms with van der Waals surface area (Å²) >= 11 is 0. The Morgan fingerprint density at radius 1 is 0.977 bits per heavy atom. The van der Waals surface area contributed by atoms with Crippen molar-refractivity contribution in [3.05, 3.63) is 84.1 Å². The third kappa shape index (κ3) is 6.33. The third-order valence-electron chi connectivity index (χ3n) is 7.42. The van der Waals surface area contributed by atoms with Gasteiger partial charge in [-0.2, -0.15) is 9.97 Å². The van der Waals surface area contributed by atoms with E-state index in [-0.39, 0.29) is 12.6 Å². The number of aryl methyl sites for hydroxylation is 1. The Hall–Kier alpha value is -4.63. The van der Waals surface area contributed by atoms with Crippen molar-refractivity contribution < 1.29 is 24.6 Å². The zero-order chi connectivity index (χ0) is 30.5. The molecular formula is C30H35N9O5. The second kappa shape index (κ2) is 13.3. The van der Waals surface area contributed by atoms with E-state index < -0.39 is 24.5 Å². The molecule has 1 aromatic carbocycles. The number of benzene rings is 1. The Kier molecular flexibility index (Phi) is 8.93. The molecule has 0 spiro atoms. The monoisotopic (exact) mass is 601 g/mol. The second-order valence-corrected chi connectivity index (χ2v) is 10.5. The number of nitrogens with zero attached hydrogens (tertiary/aromatic N) is 6. The first-order chi connectivity index (χ1) is 21.5. The molecule has 6 rings (SSSR count). The normalized spacial score (nSPS) is 20.5. The van der Waals surface area contributed by atoms with E-state index in [4.69, 9.17) is 14.2 Å². The van der Waals surface area contributed by atoms with E-state index in [1.54, 1.807) is 16.8 Å². The van der Waals surface area contributed by atoms with Gasteiger partial charge in [-0.05, 0) is 30.5 Å². The van der Waals surface area contributed by atoms with Gasteiger partial charge in [-0.3, -0.25) is 4.57 Å². The summed E-state index contributed by atoms with van der Waals surface area (Å²) in [4.78, 5) is 18.2. The van der Waals surface area contributed by atoms with Gasteiger partial charge in [0.2, 0.25) is 5.95 Å². The largest absolute Gasteiger partial charge is 0.394 e. The van der Waals surface area contributed by atoms with Gasteiger partial charge < -0.3 is 40.5 Å². The molecule has 230 valence electrons. The summed E-state index contributed by atoms with van der Waals surface area (Å²) in [6, 6.07) is 16.8. The number of aliphatic hydroxyl groups excluding tert-OH is 3. The SMILES string of the molecule is CCc1cc([C@H]2O[C@@H](n3cnc4c(N[C@H](CO)Cc5ccccc5)nc(NCCNc5ccccn5)nc43)[C@H](O)[C@@H]2O)on1. The highest BCUT2D eigenvalue weighted by molar-refractivity contribution is 5.84. The van der Waals surface area contributed by atoms with Crippen LogP contribution in [0, 0.1) is 0 Å². The number of pyridine rings is 1. The van der Waals surface area contributed by atoms with Crippen molar-refractivity contribution in [3.8, 4) is 0 Å². The predicted molar refractivity (Wildman–Crippen MR) is 162 cm³/mol. The van der Waals surface area contributed by atoms with E-state index in [1.807, 2.05) is 55.5 Å². The predicted octanol–water partition coefficient (Wildman–Crippen LogP) is 2.30. The number of aromatic nitrogens is 6. The summed E-state index contributed by atoms with van der Waals surface area (Å²) in [6.07, 6.45) is -0.114. The molecule has 5 atom stereocenters. The molecule has 0 amide bonds. The van der Waals surface area contributed by atoms with Gasteiger partial charge in [0.1, 0.15) is 24.1 Å². The van der Waals surface area contributed by atoms with E-state index in [0.29, 0.717) is 60.3 Å². The van der Waals surface area contributed by atoms with Gasteiger partial charge in [0.25, 0.3) is 0 Å². The lowest BCUT2D eigenvalue weighted by molar-refractivity contribution is -0.0434. The fourth-order valence-electron chi connectivity index (χ4n) is 5.12. The molecule has 1 aliphatic rings. The zero-order valence-corrected chi connectivity index (χ0v) is 24.1. The van der Waals surface area contributed by atoms with Gasteiger partial charge in [0.05, 0.1) is 24.7 Å². The summed E-state index contributed by atoms with van der Waals surface area (Å²) in [5, 5.41) is 45.9. The van der Waals surface area contributed by atoms with Crippen LogP contribution in [0.15, 0.2) is 71.6 Å². The lowest BCUT2D eigenvalue weighted by Gasteiger charge is -2.19. The molecule has 4 aromatic heterocycles. The smallest absolute Gasteiger partial charge is 0.226 e. The van der Waals surface area contributed by atoms with Crippen molar-refractivity contribution in [1.29, 1.82) is 0 Å². The van der Waals surface area contributed by atoms with Gasteiger partial charge in [0, 0.05) is 25.4 Å². The van der Waals surface area contributed by atoms with Crippen LogP contribution in [0.25, 0.3) is 11.2 Å². The maximum Gasteiger partial charge on any atom is 0.226 e. The molecule has 0 aliphatic carbocycles. The topological polar surface area (TPSA) is 189 Å². The molecule has 6 N–H and O–H groups in total. The van der Waals surface area contributed by atoms with Crippen LogP contribution < -0.4 is 16.0 Å². The minimum Gasteiger partial charge on any atom is -0.394 e. The standard InChI is InChI=1S/C30H35N9O5/c1-2-19-15-21(44-38-19)26-24(41)25(42)29(43-26)39-17-34-23-27(35-20(16-40)14-18-8-4-3-5-9-18)36-30(37-28(23)39)33-13-12-32-22-10-6-7-11-31-22/h3-11,15,17,20,24-26,29,40-42H,2,12-14,16H2,1H3,(H,31,32)(H2,33,35,36,37)/t20-,24-,25+,26+,29+/m0/s1. The zero-order valence-electron chi connectivity index (χ0n) is 24.1. The first-order valence-corrected chi connectivity index (χ1v) is 14.6. The van der Waals surface area contributed by atoms with Crippen molar-refractivity contribution >= 4 is 28.7 Å². The Bertz CT molecular complexity index is 1650. The van der Waals surface area contributed by atoms with Crippen LogP contribution in [0.5, 0.6) is 0 Å². The minimum absolute atomic E-state index is 0.146. The summed E-state index contributed by atoms with van der Waals surface area (Å²) in [5.74, 6) is 1.77. The van der Waals surface area contributed by atoms with Crippen LogP contribution in [0.2, 0.25) is 0 Å². The maximum absolute atomic E-state index is 11.0. The molecule has 0 unspecified atom stereocenters. The first-order valence-electron chi connectivity index (χ1n) is 14.6. The van der Waals surface area contributed by atoms with Crippen molar-refractivity contribution in [2.45, 2.75) is 50.3 Å². The van der Waals surface area contributed by atoms with Crippen LogP contribution in [-0.4, -0.2) is 82.9 Å². The average molecular weight is 602 g/mol.